The maximum absolute atomic E-state index is 14.4. The van der Waals surface area contributed by atoms with Crippen LogP contribution in [0.2, 0.25) is 0 Å². The van der Waals surface area contributed by atoms with Crippen LogP contribution in [0.15, 0.2) is 82.6 Å². The molecule has 1 heterocycles. The van der Waals surface area contributed by atoms with Crippen molar-refractivity contribution < 1.29 is 30.8 Å². The number of aryl methyl sites for hydroxylation is 1. The van der Waals surface area contributed by atoms with Gasteiger partial charge in [0.1, 0.15) is 5.82 Å². The van der Waals surface area contributed by atoms with Crippen molar-refractivity contribution >= 4 is 26.0 Å². The number of benzene rings is 3. The van der Waals surface area contributed by atoms with Crippen LogP contribution >= 0.6 is 0 Å². The van der Waals surface area contributed by atoms with Gasteiger partial charge in [-0.2, -0.15) is 8.61 Å². The molecule has 1 amide bonds. The van der Waals surface area contributed by atoms with Gasteiger partial charge in [-0.3, -0.25) is 4.79 Å². The molecule has 3 aromatic rings. The van der Waals surface area contributed by atoms with Crippen LogP contribution in [0, 0.1) is 12.7 Å². The largest absolute Gasteiger partial charge is 0.379 e. The Hall–Kier alpha value is -3.16. The number of sulfonamides is 2. The molecule has 0 spiro atoms. The van der Waals surface area contributed by atoms with Crippen LogP contribution in [0.1, 0.15) is 16.7 Å². The molecule has 1 N–H and O–H groups in total. The highest BCUT2D eigenvalue weighted by Gasteiger charge is 2.28. The number of rotatable bonds is 10. The van der Waals surface area contributed by atoms with E-state index >= 15 is 0 Å². The second-order valence-corrected chi connectivity index (χ2v) is 13.0. The lowest BCUT2D eigenvalue weighted by Crippen LogP contribution is -2.40. The molecular formula is C27H30FN3O6S2. The monoisotopic (exact) mass is 575 g/mol. The molecule has 12 heteroatoms. The summed E-state index contributed by atoms with van der Waals surface area (Å²) in [5, 5.41) is 2.67. The van der Waals surface area contributed by atoms with Crippen LogP contribution in [0.5, 0.6) is 0 Å². The van der Waals surface area contributed by atoms with Gasteiger partial charge in [-0.25, -0.2) is 21.2 Å². The van der Waals surface area contributed by atoms with E-state index in [1.807, 2.05) is 6.92 Å². The minimum absolute atomic E-state index is 0.00527. The zero-order valence-electron chi connectivity index (χ0n) is 21.4. The van der Waals surface area contributed by atoms with Gasteiger partial charge in [-0.15, -0.1) is 0 Å². The van der Waals surface area contributed by atoms with Crippen molar-refractivity contribution in [2.45, 2.75) is 29.8 Å². The molecule has 1 saturated heterocycles. The highest BCUT2D eigenvalue weighted by molar-refractivity contribution is 7.89. The van der Waals surface area contributed by atoms with E-state index in [0.29, 0.717) is 18.8 Å². The fourth-order valence-corrected chi connectivity index (χ4v) is 6.82. The smallest absolute Gasteiger partial charge is 0.243 e. The molecular weight excluding hydrogens is 545 g/mol. The Balaban J connectivity index is 1.45. The molecule has 1 fully saturated rings. The van der Waals surface area contributed by atoms with Gasteiger partial charge in [0, 0.05) is 31.7 Å². The topological polar surface area (TPSA) is 113 Å². The third-order valence-electron chi connectivity index (χ3n) is 6.30. The zero-order valence-corrected chi connectivity index (χ0v) is 23.0. The number of nitrogens with zero attached hydrogens (tertiary/aromatic N) is 2. The van der Waals surface area contributed by atoms with Crippen LogP contribution in [0.25, 0.3) is 0 Å². The first kappa shape index (κ1) is 28.8. The fourth-order valence-electron chi connectivity index (χ4n) is 4.03. The lowest BCUT2D eigenvalue weighted by atomic mass is 10.2. The average molecular weight is 576 g/mol. The quantitative estimate of drug-likeness (QED) is 0.398. The first-order valence-corrected chi connectivity index (χ1v) is 15.2. The Morgan fingerprint density at radius 1 is 0.923 bits per heavy atom. The molecule has 208 valence electrons. The van der Waals surface area contributed by atoms with Crippen molar-refractivity contribution in [2.75, 3.05) is 32.8 Å². The van der Waals surface area contributed by atoms with Gasteiger partial charge in [-0.05, 0) is 42.8 Å². The van der Waals surface area contributed by atoms with Crippen LogP contribution < -0.4 is 5.32 Å². The molecule has 39 heavy (non-hydrogen) atoms. The molecule has 1 aliphatic heterocycles. The van der Waals surface area contributed by atoms with Crippen LogP contribution in [-0.2, 0) is 42.7 Å². The standard InChI is InChI=1S/C27H30FN3O6S2/c1-21-6-10-24(11-7-21)39(35,36)31(19-23-4-2-3-5-26(23)28)20-27(32)29-18-22-8-12-25(13-9-22)38(33,34)30-14-16-37-17-15-30/h2-13H,14-20H2,1H3,(H,29,32). The summed E-state index contributed by atoms with van der Waals surface area (Å²) in [5.41, 5.74) is 1.64. The predicted octanol–water partition coefficient (Wildman–Crippen LogP) is 2.66. The number of morpholine rings is 1. The van der Waals surface area contributed by atoms with Crippen molar-refractivity contribution in [1.29, 1.82) is 0 Å². The molecule has 0 aromatic heterocycles. The molecule has 0 radical (unpaired) electrons. The fraction of sp³-hybridized carbons (Fsp3) is 0.296. The van der Waals surface area contributed by atoms with Gasteiger partial charge in [-0.1, -0.05) is 48.0 Å². The Morgan fingerprint density at radius 2 is 1.54 bits per heavy atom. The number of carbonyl (C=O) groups excluding carboxylic acids is 1. The number of amides is 1. The first-order chi connectivity index (χ1) is 18.6. The van der Waals surface area contributed by atoms with E-state index in [2.05, 4.69) is 5.32 Å². The van der Waals surface area contributed by atoms with Gasteiger partial charge in [0.15, 0.2) is 0 Å². The minimum atomic E-state index is -4.12. The summed E-state index contributed by atoms with van der Waals surface area (Å²) < 4.78 is 74.3. The van der Waals surface area contributed by atoms with Gasteiger partial charge >= 0.3 is 0 Å². The summed E-state index contributed by atoms with van der Waals surface area (Å²) in [5.74, 6) is -1.17. The van der Waals surface area contributed by atoms with Gasteiger partial charge in [0.2, 0.25) is 26.0 Å². The van der Waals surface area contributed by atoms with E-state index in [0.717, 1.165) is 9.87 Å². The Kier molecular flexibility index (Phi) is 9.13. The lowest BCUT2D eigenvalue weighted by Gasteiger charge is -2.26. The third kappa shape index (κ3) is 7.08. The van der Waals surface area contributed by atoms with E-state index in [4.69, 9.17) is 4.74 Å². The van der Waals surface area contributed by atoms with Gasteiger partial charge < -0.3 is 10.1 Å². The summed E-state index contributed by atoms with van der Waals surface area (Å²) in [7, 11) is -7.76. The molecule has 0 aliphatic carbocycles. The molecule has 0 unspecified atom stereocenters. The Bertz CT molecular complexity index is 1510. The average Bonchev–Trinajstić information content (AvgIpc) is 2.93. The number of ether oxygens (including phenoxy) is 1. The zero-order chi connectivity index (χ0) is 28.0. The highest BCUT2D eigenvalue weighted by atomic mass is 32.2. The Labute approximate surface area is 228 Å². The summed E-state index contributed by atoms with van der Waals surface area (Å²) >= 11 is 0. The summed E-state index contributed by atoms with van der Waals surface area (Å²) in [4.78, 5) is 13.0. The Morgan fingerprint density at radius 3 is 2.18 bits per heavy atom. The highest BCUT2D eigenvalue weighted by Crippen LogP contribution is 2.21. The number of carbonyl (C=O) groups is 1. The van der Waals surface area contributed by atoms with Gasteiger partial charge in [0.25, 0.3) is 0 Å². The normalized spacial score (nSPS) is 14.8. The molecule has 4 rings (SSSR count). The number of halogens is 1. The van der Waals surface area contributed by atoms with Crippen molar-refractivity contribution in [1.82, 2.24) is 13.9 Å². The van der Waals surface area contributed by atoms with E-state index < -0.39 is 38.3 Å². The van der Waals surface area contributed by atoms with Crippen LogP contribution in [0.3, 0.4) is 0 Å². The van der Waals surface area contributed by atoms with Gasteiger partial charge in [0.05, 0.1) is 29.5 Å². The molecule has 3 aromatic carbocycles. The molecule has 0 saturated carbocycles. The summed E-state index contributed by atoms with van der Waals surface area (Å²) in [6.07, 6.45) is 0. The first-order valence-electron chi connectivity index (χ1n) is 12.3. The number of hydrogen-bond acceptors (Lipinski definition) is 6. The van der Waals surface area contributed by atoms with Crippen molar-refractivity contribution in [2.24, 2.45) is 0 Å². The van der Waals surface area contributed by atoms with E-state index in [1.54, 1.807) is 30.3 Å². The maximum Gasteiger partial charge on any atom is 0.243 e. The second kappa shape index (κ2) is 12.3. The van der Waals surface area contributed by atoms with Crippen LogP contribution in [0.4, 0.5) is 4.39 Å². The minimum Gasteiger partial charge on any atom is -0.379 e. The molecule has 1 aliphatic rings. The molecule has 9 nitrogen and oxygen atoms in total. The van der Waals surface area contributed by atoms with E-state index in [1.165, 1.54) is 46.8 Å². The predicted molar refractivity (Wildman–Crippen MR) is 143 cm³/mol. The van der Waals surface area contributed by atoms with E-state index in [-0.39, 0.29) is 41.5 Å². The molecule has 0 atom stereocenters. The van der Waals surface area contributed by atoms with Crippen LogP contribution in [-0.4, -0.2) is 64.2 Å². The summed E-state index contributed by atoms with van der Waals surface area (Å²) in [6.45, 7) is 2.27. The van der Waals surface area contributed by atoms with Crippen molar-refractivity contribution in [3.8, 4) is 0 Å². The SMILES string of the molecule is Cc1ccc(S(=O)(=O)N(CC(=O)NCc2ccc(S(=O)(=O)N3CCOCC3)cc2)Cc2ccccc2F)cc1. The summed E-state index contributed by atoms with van der Waals surface area (Å²) in [6, 6.07) is 18.1. The lowest BCUT2D eigenvalue weighted by molar-refractivity contribution is -0.121. The van der Waals surface area contributed by atoms with Crippen molar-refractivity contribution in [3.63, 3.8) is 0 Å². The second-order valence-electron chi connectivity index (χ2n) is 9.11. The van der Waals surface area contributed by atoms with Crippen molar-refractivity contribution in [3.05, 3.63) is 95.3 Å². The maximum atomic E-state index is 14.4. The number of nitrogens with one attached hydrogen (secondary N) is 1. The molecule has 0 bridgehead atoms. The third-order valence-corrected chi connectivity index (χ3v) is 10.0. The van der Waals surface area contributed by atoms with E-state index in [9.17, 15) is 26.0 Å². The number of hydrogen-bond donors (Lipinski definition) is 1.